The topological polar surface area (TPSA) is 116 Å². The van der Waals surface area contributed by atoms with Gasteiger partial charge in [-0.05, 0) is 74.9 Å². The van der Waals surface area contributed by atoms with Gasteiger partial charge in [0.2, 0.25) is 9.84 Å². The van der Waals surface area contributed by atoms with Crippen LogP contribution in [0, 0.1) is 5.92 Å². The van der Waals surface area contributed by atoms with Gasteiger partial charge in [0.1, 0.15) is 16.7 Å². The second kappa shape index (κ2) is 12.2. The number of ketones is 1. The van der Waals surface area contributed by atoms with Crippen LogP contribution in [0.25, 0.3) is 0 Å². The van der Waals surface area contributed by atoms with Gasteiger partial charge in [-0.15, -0.1) is 0 Å². The lowest BCUT2D eigenvalue weighted by molar-refractivity contribution is -0.158. The minimum absolute atomic E-state index is 0.0627. The Labute approximate surface area is 236 Å². The van der Waals surface area contributed by atoms with E-state index < -0.39 is 39.4 Å². The average Bonchev–Trinajstić information content (AvgIpc) is 2.94. The molecule has 1 aliphatic rings. The van der Waals surface area contributed by atoms with E-state index in [2.05, 4.69) is 5.32 Å². The molecule has 210 valence electrons. The number of aryl methyl sites for hydroxylation is 1. The first-order valence-corrected chi connectivity index (χ1v) is 14.9. The molecule has 1 aliphatic heterocycles. The van der Waals surface area contributed by atoms with Crippen molar-refractivity contribution < 1.29 is 22.7 Å². The molecule has 0 saturated carbocycles. The summed E-state index contributed by atoms with van der Waals surface area (Å²) in [5, 5.41) is 2.84. The van der Waals surface area contributed by atoms with Crippen LogP contribution < -0.4 is 11.1 Å². The largest absolute Gasteiger partial charge is 0.459 e. The normalized spacial score (nSPS) is 18.4. The van der Waals surface area contributed by atoms with Gasteiger partial charge in [-0.3, -0.25) is 10.1 Å². The molecule has 3 N–H and O–H groups in total. The number of fused-ring (bicyclic) bond motifs is 1. The second-order valence-corrected chi connectivity index (χ2v) is 13.0. The molecule has 3 aromatic carbocycles. The number of rotatable bonds is 9. The lowest BCUT2D eigenvalue weighted by atomic mass is 9.83. The second-order valence-electron chi connectivity index (χ2n) is 11.0. The van der Waals surface area contributed by atoms with Crippen molar-refractivity contribution in [3.63, 3.8) is 0 Å². The molecule has 0 radical (unpaired) electrons. The van der Waals surface area contributed by atoms with E-state index in [9.17, 15) is 18.0 Å². The maximum atomic E-state index is 14.1. The highest BCUT2D eigenvalue weighted by Gasteiger charge is 2.38. The third kappa shape index (κ3) is 7.06. The number of nitrogens with one attached hydrogen (secondary N) is 1. The predicted molar refractivity (Wildman–Crippen MR) is 155 cm³/mol. The highest BCUT2D eigenvalue weighted by atomic mass is 32.2. The van der Waals surface area contributed by atoms with Crippen LogP contribution in [0.3, 0.4) is 0 Å². The summed E-state index contributed by atoms with van der Waals surface area (Å²) in [6.07, 6.45) is 2.61. The third-order valence-electron chi connectivity index (χ3n) is 6.83. The van der Waals surface area contributed by atoms with Crippen molar-refractivity contribution >= 4 is 21.6 Å². The summed E-state index contributed by atoms with van der Waals surface area (Å²) in [5.74, 6) is -1.51. The van der Waals surface area contributed by atoms with Crippen LogP contribution in [0.4, 0.5) is 0 Å². The molecule has 0 amide bonds. The molecule has 40 heavy (non-hydrogen) atoms. The molecule has 3 aromatic rings. The summed E-state index contributed by atoms with van der Waals surface area (Å²) in [5.41, 5.74) is 8.12. The summed E-state index contributed by atoms with van der Waals surface area (Å²) in [6.45, 7) is 5.38. The van der Waals surface area contributed by atoms with Gasteiger partial charge in [-0.2, -0.15) is 0 Å². The zero-order valence-electron chi connectivity index (χ0n) is 23.0. The highest BCUT2D eigenvalue weighted by molar-refractivity contribution is 7.95. The van der Waals surface area contributed by atoms with Gasteiger partial charge >= 0.3 is 5.97 Å². The zero-order chi connectivity index (χ0) is 28.9. The van der Waals surface area contributed by atoms with Gasteiger partial charge in [0.25, 0.3) is 0 Å². The minimum atomic E-state index is -3.98. The summed E-state index contributed by atoms with van der Waals surface area (Å²) in [6, 6.07) is 23.5. The first kappa shape index (κ1) is 29.2. The van der Waals surface area contributed by atoms with Crippen molar-refractivity contribution in [2.24, 2.45) is 11.7 Å². The number of sulfone groups is 1. The fraction of sp³-hybridized carbons (Fsp3) is 0.312. The van der Waals surface area contributed by atoms with E-state index in [1.165, 1.54) is 18.2 Å². The van der Waals surface area contributed by atoms with Gasteiger partial charge in [0, 0.05) is 5.92 Å². The van der Waals surface area contributed by atoms with E-state index >= 15 is 0 Å². The molecule has 0 aromatic heterocycles. The fourth-order valence-corrected chi connectivity index (χ4v) is 6.00. The Morgan fingerprint density at radius 1 is 0.975 bits per heavy atom. The lowest BCUT2D eigenvalue weighted by Gasteiger charge is -2.34. The van der Waals surface area contributed by atoms with Gasteiger partial charge in [0.15, 0.2) is 5.78 Å². The first-order valence-electron chi connectivity index (χ1n) is 13.4. The molecule has 4 rings (SSSR count). The molecule has 0 aliphatic carbocycles. The Morgan fingerprint density at radius 2 is 1.57 bits per heavy atom. The van der Waals surface area contributed by atoms with E-state index in [1.54, 1.807) is 39.0 Å². The number of nitrogens with two attached hydrogens (primary N) is 1. The number of carbonyl (C=O) groups excluding carboxylic acids is 2. The summed E-state index contributed by atoms with van der Waals surface area (Å²) >= 11 is 0. The van der Waals surface area contributed by atoms with Gasteiger partial charge < -0.3 is 10.5 Å². The standard InChI is InChI=1S/C32H36N2O5S/c1-32(2,3)39-31(36)29-26-17-11-10-14-23(26)20-27(34-29)30(35)24(19-18-22-12-6-4-7-13-22)21-28(33)40(37,38)25-15-8-5-9-16-25/h4-17,21,24,27,29,34H,18-20,33H2,1-3H3/b28-21+/t24-,27?,29-/m0/s1. The van der Waals surface area contributed by atoms with Crippen molar-refractivity contribution in [3.05, 3.63) is 113 Å². The van der Waals surface area contributed by atoms with Crippen LogP contribution in [0.1, 0.15) is 49.9 Å². The number of hydrogen-bond donors (Lipinski definition) is 2. The molecule has 1 heterocycles. The number of esters is 1. The average molecular weight is 561 g/mol. The molecule has 3 atom stereocenters. The number of benzene rings is 3. The van der Waals surface area contributed by atoms with E-state index in [0.29, 0.717) is 19.3 Å². The van der Waals surface area contributed by atoms with Crippen LogP contribution in [-0.2, 0) is 37.0 Å². The Hall–Kier alpha value is -3.75. The van der Waals surface area contributed by atoms with E-state index in [0.717, 1.165) is 16.7 Å². The van der Waals surface area contributed by atoms with Crippen LogP contribution in [-0.4, -0.2) is 31.8 Å². The Morgan fingerprint density at radius 3 is 2.23 bits per heavy atom. The van der Waals surface area contributed by atoms with Gasteiger partial charge in [-0.25, -0.2) is 13.2 Å². The van der Waals surface area contributed by atoms with Crippen molar-refractivity contribution in [3.8, 4) is 0 Å². The number of allylic oxidation sites excluding steroid dienone is 1. The lowest BCUT2D eigenvalue weighted by Crippen LogP contribution is -2.50. The molecule has 0 fully saturated rings. The smallest absolute Gasteiger partial charge is 0.328 e. The molecule has 0 saturated heterocycles. The van der Waals surface area contributed by atoms with Gasteiger partial charge in [0.05, 0.1) is 10.9 Å². The molecule has 1 unspecified atom stereocenters. The predicted octanol–water partition coefficient (Wildman–Crippen LogP) is 4.68. The number of carbonyl (C=O) groups is 2. The molecular formula is C32H36N2O5S. The van der Waals surface area contributed by atoms with Crippen LogP contribution in [0.2, 0.25) is 0 Å². The van der Waals surface area contributed by atoms with Gasteiger partial charge in [-0.1, -0.05) is 72.8 Å². The van der Waals surface area contributed by atoms with Crippen LogP contribution in [0.15, 0.2) is 101 Å². The van der Waals surface area contributed by atoms with Crippen molar-refractivity contribution in [1.82, 2.24) is 5.32 Å². The Bertz CT molecular complexity index is 1480. The monoisotopic (exact) mass is 560 g/mol. The van der Waals surface area contributed by atoms with E-state index in [1.807, 2.05) is 54.6 Å². The Kier molecular flexibility index (Phi) is 8.91. The Balaban J connectivity index is 1.66. The number of hydrogen-bond acceptors (Lipinski definition) is 7. The van der Waals surface area contributed by atoms with Crippen molar-refractivity contribution in [2.45, 2.75) is 62.6 Å². The SMILES string of the molecule is CC(C)(C)OC(=O)[C@H]1NC(C(=O)[C@H](/C=C(\N)S(=O)(=O)c2ccccc2)CCc2ccccc2)Cc2ccccc21. The van der Waals surface area contributed by atoms with E-state index in [4.69, 9.17) is 10.5 Å². The van der Waals surface area contributed by atoms with Crippen molar-refractivity contribution in [1.29, 1.82) is 0 Å². The van der Waals surface area contributed by atoms with E-state index in [-0.39, 0.29) is 15.7 Å². The first-order chi connectivity index (χ1) is 19.0. The zero-order valence-corrected chi connectivity index (χ0v) is 23.9. The molecular weight excluding hydrogens is 524 g/mol. The molecule has 7 nitrogen and oxygen atoms in total. The maximum absolute atomic E-state index is 14.1. The number of ether oxygens (including phenoxy) is 1. The van der Waals surface area contributed by atoms with Crippen LogP contribution >= 0.6 is 0 Å². The molecule has 0 bridgehead atoms. The van der Waals surface area contributed by atoms with Crippen molar-refractivity contribution in [2.75, 3.05) is 0 Å². The minimum Gasteiger partial charge on any atom is -0.459 e. The summed E-state index contributed by atoms with van der Waals surface area (Å²) < 4.78 is 32.1. The fourth-order valence-electron chi connectivity index (χ4n) is 4.87. The third-order valence-corrected chi connectivity index (χ3v) is 8.47. The number of Topliss-reactive ketones (excluding diaryl/α,β-unsaturated/α-hetero) is 1. The maximum Gasteiger partial charge on any atom is 0.328 e. The quantitative estimate of drug-likeness (QED) is 0.365. The molecule has 8 heteroatoms. The summed E-state index contributed by atoms with van der Waals surface area (Å²) in [7, 11) is -3.98. The highest BCUT2D eigenvalue weighted by Crippen LogP contribution is 2.30. The molecule has 0 spiro atoms. The van der Waals surface area contributed by atoms with Crippen LogP contribution in [0.5, 0.6) is 0 Å². The summed E-state index contributed by atoms with van der Waals surface area (Å²) in [4.78, 5) is 27.3.